The Balaban J connectivity index is 2.33. The molecule has 0 saturated carbocycles. The van der Waals surface area contributed by atoms with E-state index in [-0.39, 0.29) is 0 Å². The molecule has 2 rings (SSSR count). The molecule has 0 fully saturated rings. The third kappa shape index (κ3) is 3.46. The van der Waals surface area contributed by atoms with Crippen molar-refractivity contribution in [2.75, 3.05) is 0 Å². The highest BCUT2D eigenvalue weighted by Crippen LogP contribution is 2.24. The van der Waals surface area contributed by atoms with Crippen LogP contribution in [0.5, 0.6) is 0 Å². The lowest BCUT2D eigenvalue weighted by Crippen LogP contribution is -2.22. The lowest BCUT2D eigenvalue weighted by molar-refractivity contribution is 0.588. The summed E-state index contributed by atoms with van der Waals surface area (Å²) in [4.78, 5) is 0. The van der Waals surface area contributed by atoms with Gasteiger partial charge in [-0.25, -0.2) is 0 Å². The number of aryl methyl sites for hydroxylation is 1. The van der Waals surface area contributed by atoms with Gasteiger partial charge in [-0.3, -0.25) is 4.68 Å². The standard InChI is InChI=1S/C16H20N4/c1-13(2)18-11-15-12-19-20(10-6-9-17)16(15)14-7-4-3-5-8-14/h3-5,7-8,12-13,18H,6,10-11H2,1-2H3. The highest BCUT2D eigenvalue weighted by atomic mass is 15.3. The first-order chi connectivity index (χ1) is 9.72. The van der Waals surface area contributed by atoms with Gasteiger partial charge in [0.25, 0.3) is 0 Å². The van der Waals surface area contributed by atoms with E-state index in [0.717, 1.165) is 17.8 Å². The molecule has 0 unspecified atom stereocenters. The van der Waals surface area contributed by atoms with Crippen LogP contribution in [0.3, 0.4) is 0 Å². The molecule has 1 N–H and O–H groups in total. The van der Waals surface area contributed by atoms with Crippen LogP contribution in [-0.2, 0) is 13.1 Å². The van der Waals surface area contributed by atoms with Crippen LogP contribution in [0.2, 0.25) is 0 Å². The van der Waals surface area contributed by atoms with Crippen LogP contribution < -0.4 is 5.32 Å². The first-order valence-corrected chi connectivity index (χ1v) is 6.93. The average Bonchev–Trinajstić information content (AvgIpc) is 2.86. The van der Waals surface area contributed by atoms with Gasteiger partial charge in [0, 0.05) is 23.7 Å². The van der Waals surface area contributed by atoms with Crippen LogP contribution in [-0.4, -0.2) is 15.8 Å². The van der Waals surface area contributed by atoms with Crippen LogP contribution in [0.15, 0.2) is 36.5 Å². The third-order valence-corrected chi connectivity index (χ3v) is 3.10. The zero-order valence-corrected chi connectivity index (χ0v) is 12.0. The molecule has 0 aliphatic heterocycles. The fourth-order valence-corrected chi connectivity index (χ4v) is 2.12. The Kier molecular flexibility index (Phi) is 4.91. The van der Waals surface area contributed by atoms with Crippen molar-refractivity contribution in [1.29, 1.82) is 5.26 Å². The molecule has 4 nitrogen and oxygen atoms in total. The van der Waals surface area contributed by atoms with Crippen molar-refractivity contribution >= 4 is 0 Å². The molecule has 1 aromatic carbocycles. The molecule has 0 atom stereocenters. The molecule has 0 radical (unpaired) electrons. The molecule has 0 spiro atoms. The predicted molar refractivity (Wildman–Crippen MR) is 79.9 cm³/mol. The maximum Gasteiger partial charge on any atom is 0.0727 e. The SMILES string of the molecule is CC(C)NCc1cnn(CCC#N)c1-c1ccccc1. The van der Waals surface area contributed by atoms with Gasteiger partial charge in [0.1, 0.15) is 0 Å². The number of benzene rings is 1. The molecule has 4 heteroatoms. The minimum Gasteiger partial charge on any atom is -0.310 e. The molecule has 0 saturated heterocycles. The Morgan fingerprint density at radius 2 is 2.05 bits per heavy atom. The average molecular weight is 268 g/mol. The van der Waals surface area contributed by atoms with Gasteiger partial charge in [-0.1, -0.05) is 44.2 Å². The smallest absolute Gasteiger partial charge is 0.0727 e. The van der Waals surface area contributed by atoms with Crippen LogP contribution >= 0.6 is 0 Å². The number of rotatable bonds is 6. The van der Waals surface area contributed by atoms with E-state index in [0.29, 0.717) is 19.0 Å². The lowest BCUT2D eigenvalue weighted by atomic mass is 10.1. The summed E-state index contributed by atoms with van der Waals surface area (Å²) in [6.45, 7) is 5.67. The molecular weight excluding hydrogens is 248 g/mol. The Hall–Kier alpha value is -2.12. The fraction of sp³-hybridized carbons (Fsp3) is 0.375. The number of nitriles is 1. The van der Waals surface area contributed by atoms with Crippen molar-refractivity contribution in [3.05, 3.63) is 42.1 Å². The van der Waals surface area contributed by atoms with Gasteiger partial charge in [-0.2, -0.15) is 10.4 Å². The monoisotopic (exact) mass is 268 g/mol. The van der Waals surface area contributed by atoms with Crippen molar-refractivity contribution in [3.8, 4) is 17.3 Å². The molecule has 0 aliphatic carbocycles. The summed E-state index contributed by atoms with van der Waals surface area (Å²) in [5.41, 5.74) is 3.42. The molecule has 1 heterocycles. The van der Waals surface area contributed by atoms with Crippen LogP contribution in [0.25, 0.3) is 11.3 Å². The van der Waals surface area contributed by atoms with E-state index in [1.165, 1.54) is 5.56 Å². The molecule has 2 aromatic rings. The predicted octanol–water partition coefficient (Wildman–Crippen LogP) is 2.96. The molecule has 104 valence electrons. The van der Waals surface area contributed by atoms with E-state index in [9.17, 15) is 0 Å². The van der Waals surface area contributed by atoms with Gasteiger partial charge < -0.3 is 5.32 Å². The normalized spacial score (nSPS) is 10.7. The Labute approximate surface area is 120 Å². The molecule has 0 bridgehead atoms. The molecular formula is C16H20N4. The summed E-state index contributed by atoms with van der Waals surface area (Å²) in [6.07, 6.45) is 2.37. The first kappa shape index (κ1) is 14.3. The van der Waals surface area contributed by atoms with Crippen molar-refractivity contribution in [2.24, 2.45) is 0 Å². The van der Waals surface area contributed by atoms with Crippen LogP contribution in [0.4, 0.5) is 0 Å². The summed E-state index contributed by atoms with van der Waals surface area (Å²) >= 11 is 0. The van der Waals surface area contributed by atoms with Gasteiger partial charge in [-0.15, -0.1) is 0 Å². The van der Waals surface area contributed by atoms with Crippen LogP contribution in [0, 0.1) is 11.3 Å². The quantitative estimate of drug-likeness (QED) is 0.876. The Bertz CT molecular complexity index is 578. The van der Waals surface area contributed by atoms with Gasteiger partial charge in [-0.05, 0) is 0 Å². The molecule has 20 heavy (non-hydrogen) atoms. The molecule has 0 amide bonds. The topological polar surface area (TPSA) is 53.6 Å². The van der Waals surface area contributed by atoms with Gasteiger partial charge in [0.2, 0.25) is 0 Å². The van der Waals surface area contributed by atoms with Gasteiger partial charge in [0.05, 0.1) is 30.9 Å². The van der Waals surface area contributed by atoms with E-state index >= 15 is 0 Å². The van der Waals surface area contributed by atoms with Crippen molar-refractivity contribution in [2.45, 2.75) is 39.4 Å². The Morgan fingerprint density at radius 3 is 2.70 bits per heavy atom. The Morgan fingerprint density at radius 1 is 1.30 bits per heavy atom. The number of hydrogen-bond acceptors (Lipinski definition) is 3. The second-order valence-corrected chi connectivity index (χ2v) is 5.05. The maximum absolute atomic E-state index is 8.77. The number of aromatic nitrogens is 2. The number of nitrogens with zero attached hydrogens (tertiary/aromatic N) is 3. The highest BCUT2D eigenvalue weighted by Gasteiger charge is 2.12. The van der Waals surface area contributed by atoms with Gasteiger partial charge >= 0.3 is 0 Å². The summed E-state index contributed by atoms with van der Waals surface area (Å²) < 4.78 is 1.93. The maximum atomic E-state index is 8.77. The summed E-state index contributed by atoms with van der Waals surface area (Å²) in [5, 5.41) is 16.6. The summed E-state index contributed by atoms with van der Waals surface area (Å²) in [7, 11) is 0. The van der Waals surface area contributed by atoms with E-state index in [1.807, 2.05) is 29.1 Å². The zero-order chi connectivity index (χ0) is 14.4. The zero-order valence-electron chi connectivity index (χ0n) is 12.0. The second kappa shape index (κ2) is 6.88. The van der Waals surface area contributed by atoms with Crippen molar-refractivity contribution < 1.29 is 0 Å². The van der Waals surface area contributed by atoms with Crippen molar-refractivity contribution in [3.63, 3.8) is 0 Å². The van der Waals surface area contributed by atoms with E-state index in [1.54, 1.807) is 0 Å². The van der Waals surface area contributed by atoms with E-state index in [2.05, 4.69) is 42.5 Å². The van der Waals surface area contributed by atoms with Gasteiger partial charge in [0.15, 0.2) is 0 Å². The molecule has 0 aliphatic rings. The molecule has 1 aromatic heterocycles. The second-order valence-electron chi connectivity index (χ2n) is 5.05. The fourth-order valence-electron chi connectivity index (χ4n) is 2.12. The largest absolute Gasteiger partial charge is 0.310 e. The van der Waals surface area contributed by atoms with E-state index < -0.39 is 0 Å². The minimum atomic E-state index is 0.432. The highest BCUT2D eigenvalue weighted by molar-refractivity contribution is 5.63. The van der Waals surface area contributed by atoms with Crippen molar-refractivity contribution in [1.82, 2.24) is 15.1 Å². The van der Waals surface area contributed by atoms with E-state index in [4.69, 9.17) is 5.26 Å². The first-order valence-electron chi connectivity index (χ1n) is 6.93. The summed E-state index contributed by atoms with van der Waals surface area (Å²) in [5.74, 6) is 0. The van der Waals surface area contributed by atoms with Crippen LogP contribution in [0.1, 0.15) is 25.8 Å². The third-order valence-electron chi connectivity index (χ3n) is 3.10. The summed E-state index contributed by atoms with van der Waals surface area (Å²) in [6, 6.07) is 12.8. The lowest BCUT2D eigenvalue weighted by Gasteiger charge is -2.11. The number of hydrogen-bond donors (Lipinski definition) is 1. The minimum absolute atomic E-state index is 0.432. The number of nitrogens with one attached hydrogen (secondary N) is 1.